The van der Waals surface area contributed by atoms with Crippen LogP contribution in [0.2, 0.25) is 5.02 Å². The maximum Gasteiger partial charge on any atom is 0.162 e. The van der Waals surface area contributed by atoms with E-state index in [1.807, 2.05) is 19.9 Å². The van der Waals surface area contributed by atoms with Gasteiger partial charge in [-0.05, 0) is 25.5 Å². The van der Waals surface area contributed by atoms with Crippen LogP contribution in [0.15, 0.2) is 12.1 Å². The summed E-state index contributed by atoms with van der Waals surface area (Å²) in [5.74, 6) is 1.42. The number of hydrogen-bond acceptors (Lipinski definition) is 3. The van der Waals surface area contributed by atoms with Crippen molar-refractivity contribution in [2.45, 2.75) is 19.4 Å². The van der Waals surface area contributed by atoms with E-state index in [0.717, 1.165) is 11.3 Å². The van der Waals surface area contributed by atoms with Gasteiger partial charge in [0.1, 0.15) is 13.2 Å². The molecule has 1 aliphatic heterocycles. The summed E-state index contributed by atoms with van der Waals surface area (Å²) in [7, 11) is 0. The lowest BCUT2D eigenvalue weighted by Crippen LogP contribution is -2.29. The summed E-state index contributed by atoms with van der Waals surface area (Å²) in [6, 6.07) is 3.62. The summed E-state index contributed by atoms with van der Waals surface area (Å²) in [6.45, 7) is 4.95. The van der Waals surface area contributed by atoms with Crippen LogP contribution in [0.4, 0.5) is 0 Å². The van der Waals surface area contributed by atoms with Crippen molar-refractivity contribution in [3.05, 3.63) is 22.7 Å². The van der Waals surface area contributed by atoms with Gasteiger partial charge < -0.3 is 15.2 Å². The lowest BCUT2D eigenvalue weighted by atomic mass is 9.95. The molecule has 0 saturated carbocycles. The fourth-order valence-corrected chi connectivity index (χ4v) is 1.95. The van der Waals surface area contributed by atoms with Crippen LogP contribution in [0, 0.1) is 0 Å². The molecule has 0 atom stereocenters. The zero-order chi connectivity index (χ0) is 11.1. The molecule has 15 heavy (non-hydrogen) atoms. The molecular formula is C11H14ClNO2. The zero-order valence-corrected chi connectivity index (χ0v) is 9.60. The average molecular weight is 228 g/mol. The van der Waals surface area contributed by atoms with E-state index in [1.165, 1.54) is 0 Å². The van der Waals surface area contributed by atoms with Crippen molar-refractivity contribution in [1.82, 2.24) is 0 Å². The second kappa shape index (κ2) is 3.58. The fourth-order valence-electron chi connectivity index (χ4n) is 1.56. The van der Waals surface area contributed by atoms with Crippen LogP contribution in [0.1, 0.15) is 19.4 Å². The van der Waals surface area contributed by atoms with Crippen molar-refractivity contribution in [1.29, 1.82) is 0 Å². The normalized spacial score (nSPS) is 15.2. The van der Waals surface area contributed by atoms with Gasteiger partial charge in [0.15, 0.2) is 11.5 Å². The molecule has 0 aliphatic carbocycles. The van der Waals surface area contributed by atoms with E-state index < -0.39 is 5.54 Å². The zero-order valence-electron chi connectivity index (χ0n) is 8.84. The monoisotopic (exact) mass is 227 g/mol. The fraction of sp³-hybridized carbons (Fsp3) is 0.455. The van der Waals surface area contributed by atoms with Gasteiger partial charge in [-0.1, -0.05) is 11.6 Å². The highest BCUT2D eigenvalue weighted by Crippen LogP contribution is 2.38. The van der Waals surface area contributed by atoms with Crippen LogP contribution in [-0.4, -0.2) is 13.2 Å². The van der Waals surface area contributed by atoms with Crippen molar-refractivity contribution in [3.63, 3.8) is 0 Å². The van der Waals surface area contributed by atoms with Gasteiger partial charge in [-0.2, -0.15) is 0 Å². The molecule has 0 spiro atoms. The molecule has 2 N–H and O–H groups in total. The third-order valence-electron chi connectivity index (χ3n) is 2.33. The number of ether oxygens (including phenoxy) is 2. The van der Waals surface area contributed by atoms with Crippen LogP contribution in [0.25, 0.3) is 0 Å². The van der Waals surface area contributed by atoms with Gasteiger partial charge in [-0.25, -0.2) is 0 Å². The minimum absolute atomic E-state index is 0.479. The third-order valence-corrected chi connectivity index (χ3v) is 2.64. The highest BCUT2D eigenvalue weighted by Gasteiger charge is 2.22. The molecule has 0 amide bonds. The summed E-state index contributed by atoms with van der Waals surface area (Å²) < 4.78 is 10.9. The Bertz CT molecular complexity index is 385. The van der Waals surface area contributed by atoms with Crippen LogP contribution >= 0.6 is 11.6 Å². The maximum absolute atomic E-state index is 6.13. The van der Waals surface area contributed by atoms with Gasteiger partial charge in [0.05, 0.1) is 0 Å². The van der Waals surface area contributed by atoms with Gasteiger partial charge in [0, 0.05) is 16.6 Å². The Hall–Kier alpha value is -0.930. The van der Waals surface area contributed by atoms with Crippen molar-refractivity contribution >= 4 is 11.6 Å². The van der Waals surface area contributed by atoms with E-state index in [-0.39, 0.29) is 0 Å². The van der Waals surface area contributed by atoms with Crippen LogP contribution < -0.4 is 15.2 Å². The topological polar surface area (TPSA) is 44.5 Å². The number of nitrogens with two attached hydrogens (primary N) is 1. The first-order valence-electron chi connectivity index (χ1n) is 4.87. The highest BCUT2D eigenvalue weighted by atomic mass is 35.5. The molecule has 82 valence electrons. The Morgan fingerprint density at radius 3 is 2.27 bits per heavy atom. The molecule has 0 aromatic heterocycles. The third kappa shape index (κ3) is 2.03. The lowest BCUT2D eigenvalue weighted by molar-refractivity contribution is 0.171. The van der Waals surface area contributed by atoms with Gasteiger partial charge in [-0.3, -0.25) is 0 Å². The molecule has 0 bridgehead atoms. The summed E-state index contributed by atoms with van der Waals surface area (Å²) in [5, 5.41) is 0.617. The van der Waals surface area contributed by atoms with Crippen LogP contribution in [0.5, 0.6) is 11.5 Å². The SMILES string of the molecule is CC(C)(N)c1cc2c(cc1Cl)OCCO2. The summed E-state index contributed by atoms with van der Waals surface area (Å²) in [4.78, 5) is 0. The van der Waals surface area contributed by atoms with Gasteiger partial charge in [-0.15, -0.1) is 0 Å². The van der Waals surface area contributed by atoms with Crippen LogP contribution in [-0.2, 0) is 5.54 Å². The largest absolute Gasteiger partial charge is 0.486 e. The number of rotatable bonds is 1. The molecule has 0 fully saturated rings. The standard InChI is InChI=1S/C11H14ClNO2/c1-11(2,13)7-5-9-10(6-8(7)12)15-4-3-14-9/h5-6H,3-4,13H2,1-2H3. The van der Waals surface area contributed by atoms with Gasteiger partial charge >= 0.3 is 0 Å². The number of benzene rings is 1. The molecule has 0 saturated heterocycles. The predicted octanol–water partition coefficient (Wildman–Crippen LogP) is 2.31. The first kappa shape index (κ1) is 10.6. The Kier molecular flexibility index (Phi) is 2.52. The van der Waals surface area contributed by atoms with E-state index >= 15 is 0 Å². The maximum atomic E-state index is 6.13. The summed E-state index contributed by atoms with van der Waals surface area (Å²) in [6.07, 6.45) is 0. The first-order valence-corrected chi connectivity index (χ1v) is 5.25. The first-order chi connectivity index (χ1) is 6.98. The van der Waals surface area contributed by atoms with Gasteiger partial charge in [0.2, 0.25) is 0 Å². The number of hydrogen-bond donors (Lipinski definition) is 1. The van der Waals surface area contributed by atoms with Gasteiger partial charge in [0.25, 0.3) is 0 Å². The lowest BCUT2D eigenvalue weighted by Gasteiger charge is -2.25. The van der Waals surface area contributed by atoms with E-state index in [4.69, 9.17) is 26.8 Å². The smallest absolute Gasteiger partial charge is 0.162 e. The molecule has 0 unspecified atom stereocenters. The Morgan fingerprint density at radius 2 is 1.73 bits per heavy atom. The molecule has 0 radical (unpaired) electrons. The average Bonchev–Trinajstić information content (AvgIpc) is 2.15. The van der Waals surface area contributed by atoms with E-state index in [9.17, 15) is 0 Å². The second-order valence-electron chi connectivity index (χ2n) is 4.20. The Balaban J connectivity index is 2.50. The quantitative estimate of drug-likeness (QED) is 0.801. The Morgan fingerprint density at radius 1 is 1.20 bits per heavy atom. The van der Waals surface area contributed by atoms with Crippen molar-refractivity contribution in [2.24, 2.45) is 5.73 Å². The minimum Gasteiger partial charge on any atom is -0.486 e. The van der Waals surface area contributed by atoms with Crippen molar-refractivity contribution < 1.29 is 9.47 Å². The molecule has 4 heteroatoms. The Labute approximate surface area is 94.1 Å². The van der Waals surface area contributed by atoms with E-state index in [2.05, 4.69) is 0 Å². The number of fused-ring (bicyclic) bond motifs is 1. The second-order valence-corrected chi connectivity index (χ2v) is 4.60. The molecule has 3 nitrogen and oxygen atoms in total. The molecule has 1 heterocycles. The minimum atomic E-state index is -0.479. The molecule has 1 aromatic carbocycles. The predicted molar refractivity (Wildman–Crippen MR) is 59.7 cm³/mol. The molecule has 2 rings (SSSR count). The van der Waals surface area contributed by atoms with Crippen LogP contribution in [0.3, 0.4) is 0 Å². The van der Waals surface area contributed by atoms with E-state index in [1.54, 1.807) is 6.07 Å². The number of halogens is 1. The highest BCUT2D eigenvalue weighted by molar-refractivity contribution is 6.31. The molecule has 1 aliphatic rings. The molecular weight excluding hydrogens is 214 g/mol. The van der Waals surface area contributed by atoms with Crippen molar-refractivity contribution in [3.8, 4) is 11.5 Å². The van der Waals surface area contributed by atoms with Crippen molar-refractivity contribution in [2.75, 3.05) is 13.2 Å². The summed E-state index contributed by atoms with van der Waals surface area (Å²) >= 11 is 6.13. The summed E-state index contributed by atoms with van der Waals surface area (Å²) in [5.41, 5.74) is 6.40. The molecule has 1 aromatic rings. The van der Waals surface area contributed by atoms with E-state index in [0.29, 0.717) is 24.0 Å².